The van der Waals surface area contributed by atoms with Crippen molar-refractivity contribution in [1.82, 2.24) is 14.7 Å². The number of carbonyl (C=O) groups is 2. The highest BCUT2D eigenvalue weighted by atomic mass is 16.6. The van der Waals surface area contributed by atoms with Crippen molar-refractivity contribution in [3.63, 3.8) is 0 Å². The van der Waals surface area contributed by atoms with E-state index in [-0.39, 0.29) is 29.5 Å². The van der Waals surface area contributed by atoms with E-state index in [4.69, 9.17) is 5.11 Å². The summed E-state index contributed by atoms with van der Waals surface area (Å²) in [5, 5.41) is 24.0. The standard InChI is InChI=1S/C12H16N4O5/c1-7-11(16(20)21)8(2)15(13-7)6-10(17)14-5-3-4-9(14)12(18)19/h9H,3-6H2,1-2H3,(H,18,19). The summed E-state index contributed by atoms with van der Waals surface area (Å²) in [6.45, 7) is 3.22. The van der Waals surface area contributed by atoms with Crippen molar-refractivity contribution in [2.75, 3.05) is 6.54 Å². The minimum Gasteiger partial charge on any atom is -0.480 e. The van der Waals surface area contributed by atoms with Gasteiger partial charge in [0.05, 0.1) is 4.92 Å². The monoisotopic (exact) mass is 296 g/mol. The van der Waals surface area contributed by atoms with Crippen molar-refractivity contribution in [2.24, 2.45) is 0 Å². The molecule has 1 aromatic rings. The maximum Gasteiger partial charge on any atom is 0.326 e. The van der Waals surface area contributed by atoms with Gasteiger partial charge in [0.25, 0.3) is 0 Å². The van der Waals surface area contributed by atoms with Gasteiger partial charge < -0.3 is 10.0 Å². The molecule has 0 aliphatic carbocycles. The minimum absolute atomic E-state index is 0.112. The molecule has 1 aromatic heterocycles. The summed E-state index contributed by atoms with van der Waals surface area (Å²) in [4.78, 5) is 35.0. The zero-order valence-corrected chi connectivity index (χ0v) is 11.8. The fourth-order valence-corrected chi connectivity index (χ4v) is 2.65. The number of hydrogen-bond acceptors (Lipinski definition) is 5. The van der Waals surface area contributed by atoms with Gasteiger partial charge in [-0.25, -0.2) is 4.79 Å². The number of nitrogens with zero attached hydrogens (tertiary/aromatic N) is 4. The minimum atomic E-state index is -1.03. The van der Waals surface area contributed by atoms with Crippen LogP contribution in [0, 0.1) is 24.0 Å². The first-order chi connectivity index (χ1) is 9.82. The van der Waals surface area contributed by atoms with E-state index in [1.54, 1.807) is 0 Å². The van der Waals surface area contributed by atoms with E-state index in [2.05, 4.69) is 5.10 Å². The van der Waals surface area contributed by atoms with Crippen LogP contribution in [0.15, 0.2) is 0 Å². The molecule has 1 aliphatic rings. The van der Waals surface area contributed by atoms with Crippen molar-refractivity contribution in [1.29, 1.82) is 0 Å². The highest BCUT2D eigenvalue weighted by Gasteiger charge is 2.34. The molecule has 0 spiro atoms. The van der Waals surface area contributed by atoms with E-state index in [1.807, 2.05) is 0 Å². The normalized spacial score (nSPS) is 18.0. The van der Waals surface area contributed by atoms with Gasteiger partial charge in [-0.05, 0) is 26.7 Å². The second kappa shape index (κ2) is 5.51. The number of likely N-dealkylation sites (tertiary alicyclic amines) is 1. The molecule has 1 aliphatic heterocycles. The lowest BCUT2D eigenvalue weighted by molar-refractivity contribution is -0.386. The van der Waals surface area contributed by atoms with E-state index in [9.17, 15) is 19.7 Å². The highest BCUT2D eigenvalue weighted by Crippen LogP contribution is 2.23. The summed E-state index contributed by atoms with van der Waals surface area (Å²) in [5.41, 5.74) is 0.414. The summed E-state index contributed by atoms with van der Waals surface area (Å²) < 4.78 is 1.26. The summed E-state index contributed by atoms with van der Waals surface area (Å²) in [6, 6.07) is -0.815. The largest absolute Gasteiger partial charge is 0.480 e. The van der Waals surface area contributed by atoms with Crippen LogP contribution in [-0.2, 0) is 16.1 Å². The van der Waals surface area contributed by atoms with Gasteiger partial charge in [-0.2, -0.15) is 5.10 Å². The van der Waals surface area contributed by atoms with Gasteiger partial charge in [-0.3, -0.25) is 19.6 Å². The molecule has 114 valence electrons. The molecule has 1 saturated heterocycles. The smallest absolute Gasteiger partial charge is 0.326 e. The Kier molecular flexibility index (Phi) is 3.92. The average molecular weight is 296 g/mol. The lowest BCUT2D eigenvalue weighted by atomic mass is 10.2. The third-order valence-electron chi connectivity index (χ3n) is 3.67. The van der Waals surface area contributed by atoms with E-state index in [1.165, 1.54) is 23.4 Å². The predicted octanol–water partition coefficient (Wildman–Crippen LogP) is 0.484. The lowest BCUT2D eigenvalue weighted by Gasteiger charge is -2.21. The number of aromatic nitrogens is 2. The molecule has 9 heteroatoms. The number of carboxylic acids is 1. The van der Waals surface area contributed by atoms with Crippen LogP contribution in [0.3, 0.4) is 0 Å². The molecule has 1 N–H and O–H groups in total. The number of nitro groups is 1. The van der Waals surface area contributed by atoms with Gasteiger partial charge >= 0.3 is 11.7 Å². The van der Waals surface area contributed by atoms with E-state index < -0.39 is 16.9 Å². The number of aliphatic carboxylic acids is 1. The molecule has 0 saturated carbocycles. The number of aryl methyl sites for hydroxylation is 1. The summed E-state index contributed by atoms with van der Waals surface area (Å²) in [7, 11) is 0. The van der Waals surface area contributed by atoms with Crippen molar-refractivity contribution in [3.05, 3.63) is 21.5 Å². The zero-order valence-electron chi connectivity index (χ0n) is 11.8. The van der Waals surface area contributed by atoms with Crippen LogP contribution in [-0.4, -0.2) is 49.2 Å². The maximum atomic E-state index is 12.2. The molecule has 0 bridgehead atoms. The fourth-order valence-electron chi connectivity index (χ4n) is 2.65. The number of carbonyl (C=O) groups excluding carboxylic acids is 1. The Morgan fingerprint density at radius 3 is 2.67 bits per heavy atom. The Bertz CT molecular complexity index is 609. The van der Waals surface area contributed by atoms with Gasteiger partial charge in [0, 0.05) is 6.54 Å². The Labute approximate surface area is 120 Å². The molecule has 21 heavy (non-hydrogen) atoms. The van der Waals surface area contributed by atoms with Gasteiger partial charge in [0.2, 0.25) is 5.91 Å². The summed E-state index contributed by atoms with van der Waals surface area (Å²) >= 11 is 0. The van der Waals surface area contributed by atoms with E-state index in [0.29, 0.717) is 19.4 Å². The summed E-state index contributed by atoms with van der Waals surface area (Å²) in [6.07, 6.45) is 1.07. The van der Waals surface area contributed by atoms with Crippen LogP contribution in [0.1, 0.15) is 24.2 Å². The van der Waals surface area contributed by atoms with E-state index >= 15 is 0 Å². The number of hydrogen-bond donors (Lipinski definition) is 1. The molecule has 1 fully saturated rings. The molecule has 0 radical (unpaired) electrons. The van der Waals surface area contributed by atoms with Crippen molar-refractivity contribution in [3.8, 4) is 0 Å². The fraction of sp³-hybridized carbons (Fsp3) is 0.583. The predicted molar refractivity (Wildman–Crippen MR) is 70.7 cm³/mol. The molecular formula is C12H16N4O5. The molecule has 1 atom stereocenters. The van der Waals surface area contributed by atoms with Gasteiger partial charge in [-0.1, -0.05) is 0 Å². The van der Waals surface area contributed by atoms with Crippen LogP contribution >= 0.6 is 0 Å². The number of amides is 1. The topological polar surface area (TPSA) is 119 Å². The van der Waals surface area contributed by atoms with Crippen molar-refractivity contribution >= 4 is 17.6 Å². The van der Waals surface area contributed by atoms with Gasteiger partial charge in [0.1, 0.15) is 24.0 Å². The Balaban J connectivity index is 2.19. The van der Waals surface area contributed by atoms with Crippen LogP contribution in [0.4, 0.5) is 5.69 Å². The molecule has 0 aromatic carbocycles. The molecule has 2 rings (SSSR count). The first-order valence-electron chi connectivity index (χ1n) is 6.53. The molecule has 1 amide bonds. The Morgan fingerprint density at radius 2 is 2.14 bits per heavy atom. The first-order valence-corrected chi connectivity index (χ1v) is 6.53. The van der Waals surface area contributed by atoms with Gasteiger partial charge in [-0.15, -0.1) is 0 Å². The lowest BCUT2D eigenvalue weighted by Crippen LogP contribution is -2.42. The van der Waals surface area contributed by atoms with Crippen molar-refractivity contribution in [2.45, 2.75) is 39.3 Å². The van der Waals surface area contributed by atoms with E-state index in [0.717, 1.165) is 0 Å². The maximum absolute atomic E-state index is 12.2. The molecule has 9 nitrogen and oxygen atoms in total. The second-order valence-electron chi connectivity index (χ2n) is 5.02. The molecular weight excluding hydrogens is 280 g/mol. The Morgan fingerprint density at radius 1 is 1.48 bits per heavy atom. The molecule has 2 heterocycles. The quantitative estimate of drug-likeness (QED) is 0.637. The second-order valence-corrected chi connectivity index (χ2v) is 5.02. The van der Waals surface area contributed by atoms with Crippen LogP contribution < -0.4 is 0 Å². The Hall–Kier alpha value is -2.45. The molecule has 1 unspecified atom stereocenters. The third-order valence-corrected chi connectivity index (χ3v) is 3.67. The van der Waals surface area contributed by atoms with Crippen LogP contribution in [0.2, 0.25) is 0 Å². The first kappa shape index (κ1) is 14.9. The highest BCUT2D eigenvalue weighted by molar-refractivity contribution is 5.84. The number of rotatable bonds is 4. The number of carboxylic acid groups (broad SMARTS) is 1. The average Bonchev–Trinajstić information content (AvgIpc) is 2.95. The zero-order chi connectivity index (χ0) is 15.7. The van der Waals surface area contributed by atoms with Crippen molar-refractivity contribution < 1.29 is 19.6 Å². The van der Waals surface area contributed by atoms with Gasteiger partial charge in [0.15, 0.2) is 0 Å². The SMILES string of the molecule is Cc1nn(CC(=O)N2CCCC2C(=O)O)c(C)c1[N+](=O)[O-]. The van der Waals surface area contributed by atoms with Crippen LogP contribution in [0.25, 0.3) is 0 Å². The van der Waals surface area contributed by atoms with Crippen LogP contribution in [0.5, 0.6) is 0 Å². The third kappa shape index (κ3) is 2.71. The summed E-state index contributed by atoms with van der Waals surface area (Å²) in [5.74, 6) is -1.42.